The minimum Gasteiger partial charge on any atom is -0.455 e. The highest BCUT2D eigenvalue weighted by Crippen LogP contribution is 2.46. The van der Waals surface area contributed by atoms with Crippen molar-refractivity contribution >= 4 is 97.6 Å². The maximum atomic E-state index is 6.45. The first-order valence-corrected chi connectivity index (χ1v) is 16.6. The molecule has 0 amide bonds. The third-order valence-corrected chi connectivity index (χ3v) is 10.8. The molecule has 0 aliphatic heterocycles. The summed E-state index contributed by atoms with van der Waals surface area (Å²) in [6, 6.07) is 55.8. The lowest BCUT2D eigenvalue weighted by atomic mass is 9.85. The summed E-state index contributed by atoms with van der Waals surface area (Å²) in [6.45, 7) is 0. The summed E-state index contributed by atoms with van der Waals surface area (Å²) < 4.78 is 8.91. The Kier molecular flexibility index (Phi) is 4.49. The fraction of sp³-hybridized carbons (Fsp3) is 0. The number of furan rings is 1. The highest BCUT2D eigenvalue weighted by Gasteiger charge is 2.20. The second-order valence-electron chi connectivity index (χ2n) is 13.3. The lowest BCUT2D eigenvalue weighted by Crippen LogP contribution is -1.96. The highest BCUT2D eigenvalue weighted by atomic mass is 16.3. The van der Waals surface area contributed by atoms with Gasteiger partial charge in [0, 0.05) is 32.8 Å². The summed E-state index contributed by atoms with van der Waals surface area (Å²) in [5, 5.41) is 18.1. The van der Waals surface area contributed by atoms with Crippen LogP contribution in [-0.2, 0) is 0 Å². The molecule has 0 atom stereocenters. The van der Waals surface area contributed by atoms with Crippen molar-refractivity contribution in [2.24, 2.45) is 0 Å². The number of aromatic nitrogens is 1. The Morgan fingerprint density at radius 2 is 1.02 bits per heavy atom. The Labute approximate surface area is 274 Å². The Bertz CT molecular complexity index is 3280. The van der Waals surface area contributed by atoms with Crippen molar-refractivity contribution in [2.75, 3.05) is 0 Å². The molecule has 0 N–H and O–H groups in total. The summed E-state index contributed by atoms with van der Waals surface area (Å²) in [5.74, 6) is 0. The van der Waals surface area contributed by atoms with E-state index in [0.29, 0.717) is 0 Å². The number of hydrogen-bond acceptors (Lipinski definition) is 1. The quantitative estimate of drug-likeness (QED) is 0.141. The van der Waals surface area contributed by atoms with E-state index in [1.807, 2.05) is 6.07 Å². The summed E-state index contributed by atoms with van der Waals surface area (Å²) in [5.41, 5.74) is 7.70. The molecular weight excluding hydrogens is 583 g/mol. The molecule has 0 aliphatic carbocycles. The molecule has 0 aliphatic rings. The van der Waals surface area contributed by atoms with Crippen LogP contribution in [0.25, 0.3) is 114 Å². The normalized spacial score (nSPS) is 12.6. The molecular formula is C46H25NO. The smallest absolute Gasteiger partial charge is 0.143 e. The van der Waals surface area contributed by atoms with E-state index in [2.05, 4.69) is 150 Å². The molecule has 12 aromatic rings. The molecule has 2 nitrogen and oxygen atoms in total. The van der Waals surface area contributed by atoms with Crippen molar-refractivity contribution in [3.8, 4) is 16.8 Å². The van der Waals surface area contributed by atoms with Gasteiger partial charge < -0.3 is 8.98 Å². The molecule has 0 spiro atoms. The third-order valence-electron chi connectivity index (χ3n) is 10.8. The van der Waals surface area contributed by atoms with Crippen molar-refractivity contribution in [2.45, 2.75) is 0 Å². The van der Waals surface area contributed by atoms with Crippen molar-refractivity contribution in [1.29, 1.82) is 0 Å². The number of rotatable bonds is 2. The molecule has 2 heteroatoms. The van der Waals surface area contributed by atoms with Crippen molar-refractivity contribution in [3.05, 3.63) is 152 Å². The second kappa shape index (κ2) is 8.70. The second-order valence-corrected chi connectivity index (χ2v) is 13.3. The molecule has 2 heterocycles. The molecule has 2 aromatic heterocycles. The third kappa shape index (κ3) is 3.03. The van der Waals surface area contributed by atoms with Crippen LogP contribution < -0.4 is 0 Å². The zero-order valence-corrected chi connectivity index (χ0v) is 25.8. The lowest BCUT2D eigenvalue weighted by molar-refractivity contribution is 0.670. The van der Waals surface area contributed by atoms with Crippen LogP contribution in [0, 0.1) is 0 Å². The lowest BCUT2D eigenvalue weighted by Gasteiger charge is -2.19. The van der Waals surface area contributed by atoms with Crippen LogP contribution in [0.15, 0.2) is 156 Å². The number of para-hydroxylation sites is 3. The van der Waals surface area contributed by atoms with Crippen molar-refractivity contribution in [3.63, 3.8) is 0 Å². The molecule has 0 bridgehead atoms. The van der Waals surface area contributed by atoms with Gasteiger partial charge in [-0.1, -0.05) is 115 Å². The SMILES string of the molecule is c1ccc2c(c1)oc1c(-c3ccc4c(c3)c3ccccc3n4-c3cc4ccc5ccc6ccc7cccc8c(c3)c4c5c6c78)cccc12. The van der Waals surface area contributed by atoms with Crippen LogP contribution in [0.3, 0.4) is 0 Å². The molecule has 48 heavy (non-hydrogen) atoms. The van der Waals surface area contributed by atoms with E-state index in [1.54, 1.807) is 0 Å². The molecule has 0 saturated carbocycles. The van der Waals surface area contributed by atoms with Crippen LogP contribution in [0.1, 0.15) is 0 Å². The molecule has 0 saturated heterocycles. The Morgan fingerprint density at radius 1 is 0.375 bits per heavy atom. The van der Waals surface area contributed by atoms with E-state index in [1.165, 1.54) is 81.4 Å². The van der Waals surface area contributed by atoms with Gasteiger partial charge in [0.05, 0.1) is 11.0 Å². The molecule has 12 rings (SSSR count). The van der Waals surface area contributed by atoms with E-state index in [9.17, 15) is 0 Å². The van der Waals surface area contributed by atoms with Gasteiger partial charge in [0.25, 0.3) is 0 Å². The van der Waals surface area contributed by atoms with Gasteiger partial charge in [0.2, 0.25) is 0 Å². The topological polar surface area (TPSA) is 18.1 Å². The van der Waals surface area contributed by atoms with E-state index >= 15 is 0 Å². The van der Waals surface area contributed by atoms with E-state index in [4.69, 9.17) is 4.42 Å². The average Bonchev–Trinajstić information content (AvgIpc) is 3.69. The van der Waals surface area contributed by atoms with Gasteiger partial charge in [0.1, 0.15) is 11.2 Å². The summed E-state index contributed by atoms with van der Waals surface area (Å²) in [6.07, 6.45) is 0. The summed E-state index contributed by atoms with van der Waals surface area (Å²) in [7, 11) is 0. The zero-order chi connectivity index (χ0) is 31.1. The molecule has 220 valence electrons. The monoisotopic (exact) mass is 607 g/mol. The van der Waals surface area contributed by atoms with Crippen LogP contribution in [0.4, 0.5) is 0 Å². The molecule has 0 radical (unpaired) electrons. The fourth-order valence-electron chi connectivity index (χ4n) is 8.82. The maximum Gasteiger partial charge on any atom is 0.143 e. The number of benzene rings is 10. The molecule has 0 fully saturated rings. The first-order chi connectivity index (χ1) is 23.8. The van der Waals surface area contributed by atoms with Crippen molar-refractivity contribution in [1.82, 2.24) is 4.57 Å². The van der Waals surface area contributed by atoms with Gasteiger partial charge in [-0.3, -0.25) is 0 Å². The van der Waals surface area contributed by atoms with Gasteiger partial charge in [-0.15, -0.1) is 0 Å². The fourth-order valence-corrected chi connectivity index (χ4v) is 8.82. The highest BCUT2D eigenvalue weighted by molar-refractivity contribution is 6.40. The van der Waals surface area contributed by atoms with Gasteiger partial charge >= 0.3 is 0 Å². The standard InChI is InChI=1S/C46H25NO/c1-3-13-39-33(8-1)37-24-29(32-10-6-12-36-34-9-2-4-14-41(34)48-46(32)36)21-22-40(37)47(39)31-23-30-20-19-28-18-17-27-16-15-26-7-5-11-35-38(25-31)43(30)45(28)44(27)42(26)35/h1-25H. The van der Waals surface area contributed by atoms with Gasteiger partial charge in [-0.25, -0.2) is 0 Å². The van der Waals surface area contributed by atoms with E-state index < -0.39 is 0 Å². The molecule has 10 aromatic carbocycles. The van der Waals surface area contributed by atoms with Gasteiger partial charge in [0.15, 0.2) is 0 Å². The Balaban J connectivity index is 1.17. The summed E-state index contributed by atoms with van der Waals surface area (Å²) >= 11 is 0. The van der Waals surface area contributed by atoms with Gasteiger partial charge in [-0.2, -0.15) is 0 Å². The largest absolute Gasteiger partial charge is 0.455 e. The Hall–Kier alpha value is -6.38. The number of nitrogens with zero attached hydrogens (tertiary/aromatic N) is 1. The zero-order valence-electron chi connectivity index (χ0n) is 25.8. The van der Waals surface area contributed by atoms with Crippen molar-refractivity contribution < 1.29 is 4.42 Å². The predicted molar refractivity (Wildman–Crippen MR) is 203 cm³/mol. The van der Waals surface area contributed by atoms with Gasteiger partial charge in [-0.05, 0) is 95.8 Å². The first kappa shape index (κ1) is 24.8. The van der Waals surface area contributed by atoms with Crippen LogP contribution >= 0.6 is 0 Å². The average molecular weight is 608 g/mol. The Morgan fingerprint density at radius 3 is 1.88 bits per heavy atom. The maximum absolute atomic E-state index is 6.45. The first-order valence-electron chi connectivity index (χ1n) is 16.6. The van der Waals surface area contributed by atoms with Crippen LogP contribution in [0.5, 0.6) is 0 Å². The van der Waals surface area contributed by atoms with E-state index in [0.717, 1.165) is 33.1 Å². The number of fused-ring (bicyclic) bond motifs is 7. The van der Waals surface area contributed by atoms with E-state index in [-0.39, 0.29) is 0 Å². The molecule has 0 unspecified atom stereocenters. The minimum absolute atomic E-state index is 0.921. The van der Waals surface area contributed by atoms with Crippen LogP contribution in [0.2, 0.25) is 0 Å². The minimum atomic E-state index is 0.921. The predicted octanol–water partition coefficient (Wildman–Crippen LogP) is 13.0. The van der Waals surface area contributed by atoms with Crippen LogP contribution in [-0.4, -0.2) is 4.57 Å². The summed E-state index contributed by atoms with van der Waals surface area (Å²) in [4.78, 5) is 0. The number of hydrogen-bond donors (Lipinski definition) is 0.